The molecule has 0 unspecified atom stereocenters. The number of benzene rings is 1. The average Bonchev–Trinajstić information content (AvgIpc) is 2.85. The summed E-state index contributed by atoms with van der Waals surface area (Å²) in [7, 11) is 1.79. The first-order valence-corrected chi connectivity index (χ1v) is 5.28. The Morgan fingerprint density at radius 1 is 1.44 bits per heavy atom. The van der Waals surface area contributed by atoms with Crippen LogP contribution >= 0.6 is 0 Å². The van der Waals surface area contributed by atoms with Crippen molar-refractivity contribution in [2.24, 2.45) is 7.05 Å². The quantitative estimate of drug-likeness (QED) is 0.745. The van der Waals surface area contributed by atoms with Gasteiger partial charge >= 0.3 is 0 Å². The third kappa shape index (κ3) is 1.32. The first kappa shape index (κ1) is 9.21. The zero-order valence-electron chi connectivity index (χ0n) is 9.07. The fourth-order valence-corrected chi connectivity index (χ4v) is 1.95. The van der Waals surface area contributed by atoms with Gasteiger partial charge in [0.2, 0.25) is 5.95 Å². The standard InChI is InChI=1S/C11H13N5/c1-16-11(12)14-10(15-16)8-3-2-7-4-5-13-9(7)6-8/h2-3,6,13H,4-5H2,1H3,(H2,12,14,15). The number of nitrogens with zero attached hydrogens (tertiary/aromatic N) is 3. The van der Waals surface area contributed by atoms with Gasteiger partial charge in [-0.1, -0.05) is 12.1 Å². The lowest BCUT2D eigenvalue weighted by molar-refractivity contribution is 0.781. The molecule has 5 heteroatoms. The molecule has 1 aromatic heterocycles. The van der Waals surface area contributed by atoms with Gasteiger partial charge in [0.05, 0.1) is 0 Å². The Hall–Kier alpha value is -2.04. The van der Waals surface area contributed by atoms with E-state index in [0.29, 0.717) is 11.8 Å². The van der Waals surface area contributed by atoms with E-state index in [9.17, 15) is 0 Å². The zero-order chi connectivity index (χ0) is 11.1. The van der Waals surface area contributed by atoms with E-state index in [2.05, 4.69) is 27.5 Å². The van der Waals surface area contributed by atoms with Crippen LogP contribution in [0.5, 0.6) is 0 Å². The minimum atomic E-state index is 0.434. The fraction of sp³-hybridized carbons (Fsp3) is 0.273. The van der Waals surface area contributed by atoms with Gasteiger partial charge < -0.3 is 11.1 Å². The first-order chi connectivity index (χ1) is 7.74. The zero-order valence-corrected chi connectivity index (χ0v) is 9.07. The summed E-state index contributed by atoms with van der Waals surface area (Å²) in [5.74, 6) is 1.11. The molecule has 0 spiro atoms. The highest BCUT2D eigenvalue weighted by Gasteiger charge is 2.13. The smallest absolute Gasteiger partial charge is 0.218 e. The van der Waals surface area contributed by atoms with Crippen molar-refractivity contribution in [1.82, 2.24) is 14.8 Å². The Bertz CT molecular complexity index is 524. The molecule has 0 saturated heterocycles. The molecule has 0 atom stereocenters. The molecule has 0 bridgehead atoms. The van der Waals surface area contributed by atoms with E-state index in [-0.39, 0.29) is 0 Å². The molecule has 0 amide bonds. The minimum absolute atomic E-state index is 0.434. The maximum Gasteiger partial charge on any atom is 0.218 e. The molecule has 1 aliphatic heterocycles. The summed E-state index contributed by atoms with van der Waals surface area (Å²) in [6.45, 7) is 1.01. The second kappa shape index (κ2) is 3.23. The summed E-state index contributed by atoms with van der Waals surface area (Å²) in [6.07, 6.45) is 1.09. The lowest BCUT2D eigenvalue weighted by atomic mass is 10.1. The van der Waals surface area contributed by atoms with Crippen LogP contribution in [0.3, 0.4) is 0 Å². The van der Waals surface area contributed by atoms with Crippen LogP contribution in [0.25, 0.3) is 11.4 Å². The Balaban J connectivity index is 2.07. The predicted molar refractivity (Wildman–Crippen MR) is 63.0 cm³/mol. The van der Waals surface area contributed by atoms with Crippen molar-refractivity contribution in [2.45, 2.75) is 6.42 Å². The van der Waals surface area contributed by atoms with Gasteiger partial charge in [0.25, 0.3) is 0 Å². The maximum atomic E-state index is 5.66. The molecule has 0 saturated carbocycles. The van der Waals surface area contributed by atoms with Crippen LogP contribution in [0, 0.1) is 0 Å². The second-order valence-electron chi connectivity index (χ2n) is 3.97. The third-order valence-corrected chi connectivity index (χ3v) is 2.87. The van der Waals surface area contributed by atoms with E-state index in [1.54, 1.807) is 11.7 Å². The summed E-state index contributed by atoms with van der Waals surface area (Å²) in [5, 5.41) is 7.60. The molecule has 2 aromatic rings. The Morgan fingerprint density at radius 3 is 3.06 bits per heavy atom. The number of rotatable bonds is 1. The van der Waals surface area contributed by atoms with Crippen LogP contribution in [0.15, 0.2) is 18.2 Å². The Morgan fingerprint density at radius 2 is 2.31 bits per heavy atom. The molecule has 16 heavy (non-hydrogen) atoms. The molecule has 5 nitrogen and oxygen atoms in total. The molecule has 2 heterocycles. The van der Waals surface area contributed by atoms with Gasteiger partial charge in [-0.2, -0.15) is 4.98 Å². The third-order valence-electron chi connectivity index (χ3n) is 2.87. The molecular weight excluding hydrogens is 202 g/mol. The fourth-order valence-electron chi connectivity index (χ4n) is 1.95. The Labute approximate surface area is 93.3 Å². The van der Waals surface area contributed by atoms with Crippen molar-refractivity contribution in [1.29, 1.82) is 0 Å². The molecule has 1 aliphatic rings. The molecule has 1 aromatic carbocycles. The summed E-state index contributed by atoms with van der Waals surface area (Å²) in [6, 6.07) is 6.24. The van der Waals surface area contributed by atoms with Gasteiger partial charge in [-0.25, -0.2) is 4.68 Å². The number of hydrogen-bond acceptors (Lipinski definition) is 4. The van der Waals surface area contributed by atoms with Crippen LogP contribution in [-0.2, 0) is 13.5 Å². The van der Waals surface area contributed by atoms with E-state index in [0.717, 1.165) is 18.5 Å². The van der Waals surface area contributed by atoms with E-state index < -0.39 is 0 Å². The van der Waals surface area contributed by atoms with Gasteiger partial charge in [0.15, 0.2) is 5.82 Å². The molecule has 3 N–H and O–H groups in total. The van der Waals surface area contributed by atoms with E-state index in [1.807, 2.05) is 6.07 Å². The maximum absolute atomic E-state index is 5.66. The summed E-state index contributed by atoms with van der Waals surface area (Å²) in [4.78, 5) is 4.21. The monoisotopic (exact) mass is 215 g/mol. The number of anilines is 2. The number of aromatic nitrogens is 3. The van der Waals surface area contributed by atoms with E-state index in [4.69, 9.17) is 5.73 Å². The Kier molecular flexibility index (Phi) is 1.86. The SMILES string of the molecule is Cn1nc(-c2ccc3c(c2)NCC3)nc1N. The second-order valence-corrected chi connectivity index (χ2v) is 3.97. The van der Waals surface area contributed by atoms with Gasteiger partial charge in [0.1, 0.15) is 0 Å². The van der Waals surface area contributed by atoms with Crippen LogP contribution in [0.1, 0.15) is 5.56 Å². The topological polar surface area (TPSA) is 68.8 Å². The van der Waals surface area contributed by atoms with Crippen molar-refractivity contribution in [3.8, 4) is 11.4 Å². The van der Waals surface area contributed by atoms with Gasteiger partial charge in [-0.05, 0) is 18.1 Å². The van der Waals surface area contributed by atoms with Crippen molar-refractivity contribution in [2.75, 3.05) is 17.6 Å². The highest BCUT2D eigenvalue weighted by atomic mass is 15.4. The molecule has 3 rings (SSSR count). The van der Waals surface area contributed by atoms with Crippen molar-refractivity contribution < 1.29 is 0 Å². The average molecular weight is 215 g/mol. The van der Waals surface area contributed by atoms with E-state index >= 15 is 0 Å². The largest absolute Gasteiger partial charge is 0.384 e. The number of aryl methyl sites for hydroxylation is 1. The van der Waals surface area contributed by atoms with Gasteiger partial charge in [-0.3, -0.25) is 0 Å². The lowest BCUT2D eigenvalue weighted by Crippen LogP contribution is -1.97. The van der Waals surface area contributed by atoms with Crippen LogP contribution in [0.4, 0.5) is 11.6 Å². The summed E-state index contributed by atoms with van der Waals surface area (Å²) < 4.78 is 1.58. The number of nitrogens with one attached hydrogen (secondary N) is 1. The molecule has 0 radical (unpaired) electrons. The number of hydrogen-bond donors (Lipinski definition) is 2. The molecule has 0 fully saturated rings. The van der Waals surface area contributed by atoms with Crippen molar-refractivity contribution in [3.63, 3.8) is 0 Å². The minimum Gasteiger partial charge on any atom is -0.384 e. The molecule has 0 aliphatic carbocycles. The van der Waals surface area contributed by atoms with Crippen molar-refractivity contribution in [3.05, 3.63) is 23.8 Å². The van der Waals surface area contributed by atoms with Gasteiger partial charge in [0, 0.05) is 24.8 Å². The van der Waals surface area contributed by atoms with Gasteiger partial charge in [-0.15, -0.1) is 5.10 Å². The molecule has 82 valence electrons. The lowest BCUT2D eigenvalue weighted by Gasteiger charge is -2.01. The van der Waals surface area contributed by atoms with Crippen LogP contribution in [-0.4, -0.2) is 21.3 Å². The summed E-state index contributed by atoms with van der Waals surface area (Å²) >= 11 is 0. The highest BCUT2D eigenvalue weighted by molar-refractivity contribution is 5.67. The predicted octanol–water partition coefficient (Wildman–Crippen LogP) is 1.03. The normalized spacial score (nSPS) is 13.6. The highest BCUT2D eigenvalue weighted by Crippen LogP contribution is 2.27. The summed E-state index contributed by atoms with van der Waals surface area (Å²) in [5.41, 5.74) is 9.20. The molecular formula is C11H13N5. The number of nitrogen functional groups attached to an aromatic ring is 1. The van der Waals surface area contributed by atoms with Crippen molar-refractivity contribution >= 4 is 11.6 Å². The first-order valence-electron chi connectivity index (χ1n) is 5.28. The van der Waals surface area contributed by atoms with E-state index in [1.165, 1.54) is 11.3 Å². The van der Waals surface area contributed by atoms with Crippen LogP contribution < -0.4 is 11.1 Å². The number of fused-ring (bicyclic) bond motifs is 1. The number of nitrogens with two attached hydrogens (primary N) is 1. The van der Waals surface area contributed by atoms with Crippen LogP contribution in [0.2, 0.25) is 0 Å².